The van der Waals surface area contributed by atoms with Crippen LogP contribution in [-0.2, 0) is 14.8 Å². The summed E-state index contributed by atoms with van der Waals surface area (Å²) < 4.78 is 37.6. The third-order valence-electron chi connectivity index (χ3n) is 5.92. The molecule has 10 nitrogen and oxygen atoms in total. The lowest BCUT2D eigenvalue weighted by Gasteiger charge is -2.29. The number of sulfonamides is 1. The molecule has 3 heterocycles. The predicted molar refractivity (Wildman–Crippen MR) is 116 cm³/mol. The number of carbonyl (C=O) groups is 1. The third kappa shape index (κ3) is 5.34. The highest BCUT2D eigenvalue weighted by Crippen LogP contribution is 2.23. The molecule has 32 heavy (non-hydrogen) atoms. The van der Waals surface area contributed by atoms with Crippen molar-refractivity contribution in [3.05, 3.63) is 30.2 Å². The summed E-state index contributed by atoms with van der Waals surface area (Å²) in [6.07, 6.45) is 2.38. The average Bonchev–Trinajstić information content (AvgIpc) is 3.31. The summed E-state index contributed by atoms with van der Waals surface area (Å²) >= 11 is 0. The van der Waals surface area contributed by atoms with Crippen molar-refractivity contribution in [2.24, 2.45) is 5.92 Å². The van der Waals surface area contributed by atoms with Crippen LogP contribution in [0.2, 0.25) is 0 Å². The van der Waals surface area contributed by atoms with Gasteiger partial charge in [0.2, 0.25) is 15.9 Å². The fourth-order valence-electron chi connectivity index (χ4n) is 3.83. The summed E-state index contributed by atoms with van der Waals surface area (Å²) in [7, 11) is -3.57. The molecule has 2 aliphatic heterocycles. The minimum Gasteiger partial charge on any atom is -0.412 e. The SMILES string of the molecule is CC1CCN(CCNC(=O)c2nnc(-c3ccc(S(=O)(=O)N4CCOCC4)cc3)o2)CC1. The van der Waals surface area contributed by atoms with Crippen LogP contribution in [0.4, 0.5) is 0 Å². The first kappa shape index (κ1) is 22.8. The Bertz CT molecular complexity index is 1010. The lowest BCUT2D eigenvalue weighted by Crippen LogP contribution is -2.40. The van der Waals surface area contributed by atoms with Crippen LogP contribution in [0.5, 0.6) is 0 Å². The Hall–Kier alpha value is -2.34. The number of hydrogen-bond donors (Lipinski definition) is 1. The number of amides is 1. The second-order valence-corrected chi connectivity index (χ2v) is 10.2. The molecule has 1 N–H and O–H groups in total. The van der Waals surface area contributed by atoms with Gasteiger partial charge < -0.3 is 19.4 Å². The fourth-order valence-corrected chi connectivity index (χ4v) is 5.23. The summed E-state index contributed by atoms with van der Waals surface area (Å²) in [5.41, 5.74) is 0.542. The van der Waals surface area contributed by atoms with Crippen molar-refractivity contribution in [3.8, 4) is 11.5 Å². The molecule has 4 rings (SSSR count). The van der Waals surface area contributed by atoms with Gasteiger partial charge in [0.15, 0.2) is 0 Å². The maximum atomic E-state index is 12.7. The van der Waals surface area contributed by atoms with E-state index in [4.69, 9.17) is 9.15 Å². The Kier molecular flexibility index (Phi) is 7.19. The van der Waals surface area contributed by atoms with Crippen LogP contribution in [0.1, 0.15) is 30.5 Å². The molecule has 0 saturated carbocycles. The maximum absolute atomic E-state index is 12.7. The molecule has 2 saturated heterocycles. The van der Waals surface area contributed by atoms with E-state index in [1.807, 2.05) is 0 Å². The van der Waals surface area contributed by atoms with E-state index >= 15 is 0 Å². The molecule has 0 radical (unpaired) electrons. The van der Waals surface area contributed by atoms with Gasteiger partial charge in [-0.3, -0.25) is 4.79 Å². The number of morpholine rings is 1. The smallest absolute Gasteiger partial charge is 0.308 e. The summed E-state index contributed by atoms with van der Waals surface area (Å²) in [6, 6.07) is 6.20. The predicted octanol–water partition coefficient (Wildman–Crippen LogP) is 1.22. The summed E-state index contributed by atoms with van der Waals surface area (Å²) in [5.74, 6) is 0.402. The molecular weight excluding hydrogens is 434 g/mol. The first-order valence-electron chi connectivity index (χ1n) is 11.0. The monoisotopic (exact) mass is 463 g/mol. The Morgan fingerprint density at radius 2 is 1.78 bits per heavy atom. The van der Waals surface area contributed by atoms with Crippen LogP contribution in [0.25, 0.3) is 11.5 Å². The molecule has 0 unspecified atom stereocenters. The number of piperidine rings is 1. The van der Waals surface area contributed by atoms with Gasteiger partial charge in [-0.15, -0.1) is 10.2 Å². The first-order valence-corrected chi connectivity index (χ1v) is 12.4. The van der Waals surface area contributed by atoms with Gasteiger partial charge in [-0.05, 0) is 56.1 Å². The van der Waals surface area contributed by atoms with Crippen LogP contribution in [0.15, 0.2) is 33.6 Å². The quantitative estimate of drug-likeness (QED) is 0.651. The number of carbonyl (C=O) groups excluding carboxylic acids is 1. The van der Waals surface area contributed by atoms with Gasteiger partial charge in [-0.25, -0.2) is 8.42 Å². The molecular formula is C21H29N5O5S. The zero-order chi connectivity index (χ0) is 22.6. The second kappa shape index (κ2) is 10.1. The zero-order valence-corrected chi connectivity index (χ0v) is 19.0. The highest BCUT2D eigenvalue weighted by atomic mass is 32.2. The molecule has 2 aromatic rings. The third-order valence-corrected chi connectivity index (χ3v) is 7.83. The van der Waals surface area contributed by atoms with Gasteiger partial charge in [0.1, 0.15) is 0 Å². The van der Waals surface area contributed by atoms with E-state index in [9.17, 15) is 13.2 Å². The molecule has 0 aliphatic carbocycles. The van der Waals surface area contributed by atoms with Gasteiger partial charge in [0, 0.05) is 31.7 Å². The van der Waals surface area contributed by atoms with Gasteiger partial charge in [-0.1, -0.05) is 6.92 Å². The molecule has 0 bridgehead atoms. The Balaban J connectivity index is 1.33. The van der Waals surface area contributed by atoms with Crippen molar-refractivity contribution in [3.63, 3.8) is 0 Å². The van der Waals surface area contributed by atoms with Crippen molar-refractivity contribution >= 4 is 15.9 Å². The zero-order valence-electron chi connectivity index (χ0n) is 18.2. The number of nitrogens with zero attached hydrogens (tertiary/aromatic N) is 4. The van der Waals surface area contributed by atoms with Crippen molar-refractivity contribution < 1.29 is 22.4 Å². The van der Waals surface area contributed by atoms with E-state index in [0.29, 0.717) is 38.4 Å². The van der Waals surface area contributed by atoms with Crippen molar-refractivity contribution in [2.75, 3.05) is 52.5 Å². The molecule has 174 valence electrons. The largest absolute Gasteiger partial charge is 0.412 e. The molecule has 1 aromatic carbocycles. The molecule has 0 atom stereocenters. The topological polar surface area (TPSA) is 118 Å². The summed E-state index contributed by atoms with van der Waals surface area (Å²) in [6.45, 7) is 7.13. The van der Waals surface area contributed by atoms with Crippen molar-refractivity contribution in [1.29, 1.82) is 0 Å². The first-order chi connectivity index (χ1) is 15.4. The molecule has 2 fully saturated rings. The van der Waals surface area contributed by atoms with Crippen LogP contribution in [0.3, 0.4) is 0 Å². The van der Waals surface area contributed by atoms with Crippen LogP contribution >= 0.6 is 0 Å². The Morgan fingerprint density at radius 3 is 2.47 bits per heavy atom. The average molecular weight is 464 g/mol. The van der Waals surface area contributed by atoms with Crippen molar-refractivity contribution in [2.45, 2.75) is 24.7 Å². The molecule has 0 spiro atoms. The summed E-state index contributed by atoms with van der Waals surface area (Å²) in [5, 5.41) is 10.6. The maximum Gasteiger partial charge on any atom is 0.308 e. The number of rotatable bonds is 7. The van der Waals surface area contributed by atoms with Crippen LogP contribution in [-0.4, -0.2) is 86.2 Å². The van der Waals surface area contributed by atoms with Crippen LogP contribution < -0.4 is 5.32 Å². The van der Waals surface area contributed by atoms with E-state index in [-0.39, 0.29) is 16.7 Å². The van der Waals surface area contributed by atoms with Crippen molar-refractivity contribution in [1.82, 2.24) is 24.7 Å². The van der Waals surface area contributed by atoms with E-state index in [0.717, 1.165) is 25.6 Å². The van der Waals surface area contributed by atoms with E-state index in [1.165, 1.54) is 29.3 Å². The van der Waals surface area contributed by atoms with E-state index in [1.54, 1.807) is 12.1 Å². The minimum absolute atomic E-state index is 0.114. The molecule has 2 aliphatic rings. The Labute approximate surface area is 188 Å². The van der Waals surface area contributed by atoms with E-state index in [2.05, 4.69) is 27.3 Å². The Morgan fingerprint density at radius 1 is 1.09 bits per heavy atom. The highest BCUT2D eigenvalue weighted by Gasteiger charge is 2.26. The lowest BCUT2D eigenvalue weighted by molar-refractivity contribution is 0.0730. The summed E-state index contributed by atoms with van der Waals surface area (Å²) in [4.78, 5) is 14.8. The highest BCUT2D eigenvalue weighted by molar-refractivity contribution is 7.89. The van der Waals surface area contributed by atoms with E-state index < -0.39 is 15.9 Å². The van der Waals surface area contributed by atoms with Crippen LogP contribution in [0, 0.1) is 5.92 Å². The number of aromatic nitrogens is 2. The van der Waals surface area contributed by atoms with Gasteiger partial charge in [0.25, 0.3) is 0 Å². The number of hydrogen-bond acceptors (Lipinski definition) is 8. The number of benzene rings is 1. The number of likely N-dealkylation sites (tertiary alicyclic amines) is 1. The minimum atomic E-state index is -3.57. The van der Waals surface area contributed by atoms with Gasteiger partial charge >= 0.3 is 11.8 Å². The normalized spacial score (nSPS) is 19.2. The second-order valence-electron chi connectivity index (χ2n) is 8.23. The standard InChI is InChI=1S/C21H29N5O5S/c1-16-6-9-25(10-7-16)11-8-22-19(27)21-24-23-20(31-21)17-2-4-18(5-3-17)32(28,29)26-12-14-30-15-13-26/h2-5,16H,6-15H2,1H3,(H,22,27). The molecule has 1 amide bonds. The molecule has 1 aromatic heterocycles. The number of ether oxygens (including phenoxy) is 1. The molecule has 11 heteroatoms. The number of nitrogens with one attached hydrogen (secondary N) is 1. The fraction of sp³-hybridized carbons (Fsp3) is 0.571. The lowest BCUT2D eigenvalue weighted by atomic mass is 9.99. The van der Waals surface area contributed by atoms with Gasteiger partial charge in [-0.2, -0.15) is 4.31 Å². The van der Waals surface area contributed by atoms with Gasteiger partial charge in [0.05, 0.1) is 18.1 Å².